The third-order valence-electron chi connectivity index (χ3n) is 5.92. The molecule has 5 heteroatoms. The van der Waals surface area contributed by atoms with Crippen molar-refractivity contribution in [2.75, 3.05) is 13.2 Å². The summed E-state index contributed by atoms with van der Waals surface area (Å²) < 4.78 is 8.21. The Morgan fingerprint density at radius 2 is 1.53 bits per heavy atom. The van der Waals surface area contributed by atoms with Gasteiger partial charge in [0.1, 0.15) is 11.6 Å². The molecule has 5 nitrogen and oxygen atoms in total. The van der Waals surface area contributed by atoms with Gasteiger partial charge in [-0.2, -0.15) is 0 Å². The Hall–Kier alpha value is -3.60. The van der Waals surface area contributed by atoms with Gasteiger partial charge in [0, 0.05) is 25.1 Å². The second-order valence-electron chi connectivity index (χ2n) is 8.47. The van der Waals surface area contributed by atoms with Gasteiger partial charge in [-0.3, -0.25) is 4.79 Å². The van der Waals surface area contributed by atoms with E-state index in [-0.39, 0.29) is 5.91 Å². The minimum absolute atomic E-state index is 0.00126. The lowest BCUT2D eigenvalue weighted by molar-refractivity contribution is 0.0953. The minimum Gasteiger partial charge on any atom is -0.494 e. The summed E-state index contributed by atoms with van der Waals surface area (Å²) in [6, 6.07) is 27.7. The molecule has 0 fully saturated rings. The first-order valence-corrected chi connectivity index (χ1v) is 12.3. The number of aromatic nitrogens is 2. The average Bonchev–Trinajstić information content (AvgIpc) is 3.24. The number of benzene rings is 3. The highest BCUT2D eigenvalue weighted by atomic mass is 16.5. The van der Waals surface area contributed by atoms with E-state index < -0.39 is 0 Å². The first kappa shape index (κ1) is 23.6. The number of nitrogens with zero attached hydrogens (tertiary/aromatic N) is 2. The molecule has 0 unspecified atom stereocenters. The molecule has 1 amide bonds. The van der Waals surface area contributed by atoms with Crippen LogP contribution in [0.4, 0.5) is 0 Å². The van der Waals surface area contributed by atoms with Crippen LogP contribution in [0.2, 0.25) is 0 Å². The number of fused-ring (bicyclic) bond motifs is 1. The van der Waals surface area contributed by atoms with Gasteiger partial charge in [-0.05, 0) is 62.1 Å². The predicted molar refractivity (Wildman–Crippen MR) is 137 cm³/mol. The molecule has 0 aliphatic rings. The van der Waals surface area contributed by atoms with Crippen molar-refractivity contribution in [2.24, 2.45) is 0 Å². The maximum atomic E-state index is 12.1. The molecule has 0 saturated heterocycles. The number of nitrogens with one attached hydrogen (secondary N) is 1. The van der Waals surface area contributed by atoms with Crippen LogP contribution in [0.1, 0.15) is 48.3 Å². The van der Waals surface area contributed by atoms with Crippen LogP contribution >= 0.6 is 0 Å². The third kappa shape index (κ3) is 6.70. The van der Waals surface area contributed by atoms with Crippen molar-refractivity contribution in [3.05, 3.63) is 96.3 Å². The lowest BCUT2D eigenvalue weighted by Gasteiger charge is -2.10. The number of imidazole rings is 1. The van der Waals surface area contributed by atoms with Gasteiger partial charge in [0.05, 0.1) is 17.6 Å². The van der Waals surface area contributed by atoms with E-state index in [0.717, 1.165) is 68.8 Å². The molecule has 3 aromatic carbocycles. The molecule has 4 rings (SSSR count). The van der Waals surface area contributed by atoms with Crippen molar-refractivity contribution in [1.29, 1.82) is 0 Å². The van der Waals surface area contributed by atoms with E-state index >= 15 is 0 Å². The van der Waals surface area contributed by atoms with Gasteiger partial charge in [-0.1, -0.05) is 55.0 Å². The highest BCUT2D eigenvalue weighted by Crippen LogP contribution is 2.19. The van der Waals surface area contributed by atoms with Crippen LogP contribution in [0.3, 0.4) is 0 Å². The van der Waals surface area contributed by atoms with E-state index in [1.807, 2.05) is 66.7 Å². The molecule has 0 radical (unpaired) electrons. The number of amides is 1. The Morgan fingerprint density at radius 3 is 2.35 bits per heavy atom. The van der Waals surface area contributed by atoms with Crippen LogP contribution in [-0.2, 0) is 13.0 Å². The van der Waals surface area contributed by atoms with Crippen LogP contribution in [0.25, 0.3) is 11.0 Å². The predicted octanol–water partition coefficient (Wildman–Crippen LogP) is 6.04. The first-order chi connectivity index (χ1) is 16.8. The van der Waals surface area contributed by atoms with E-state index in [1.165, 1.54) is 5.52 Å². The molecule has 0 saturated carbocycles. The fraction of sp³-hybridized carbons (Fsp3) is 0.310. The summed E-state index contributed by atoms with van der Waals surface area (Å²) in [4.78, 5) is 17.0. The maximum Gasteiger partial charge on any atom is 0.251 e. The summed E-state index contributed by atoms with van der Waals surface area (Å²) in [6.07, 6.45) is 6.08. The zero-order valence-corrected chi connectivity index (χ0v) is 19.7. The lowest BCUT2D eigenvalue weighted by Crippen LogP contribution is -2.24. The van der Waals surface area contributed by atoms with Crippen LogP contribution in [0.15, 0.2) is 84.9 Å². The largest absolute Gasteiger partial charge is 0.494 e. The highest BCUT2D eigenvalue weighted by Gasteiger charge is 2.10. The molecule has 0 aliphatic carbocycles. The lowest BCUT2D eigenvalue weighted by atomic mass is 10.1. The van der Waals surface area contributed by atoms with E-state index in [9.17, 15) is 4.79 Å². The van der Waals surface area contributed by atoms with Gasteiger partial charge >= 0.3 is 0 Å². The topological polar surface area (TPSA) is 56.2 Å². The number of aryl methyl sites for hydroxylation is 2. The Morgan fingerprint density at radius 1 is 0.794 bits per heavy atom. The van der Waals surface area contributed by atoms with Gasteiger partial charge in [0.2, 0.25) is 0 Å². The smallest absolute Gasteiger partial charge is 0.251 e. The van der Waals surface area contributed by atoms with Gasteiger partial charge < -0.3 is 14.6 Å². The summed E-state index contributed by atoms with van der Waals surface area (Å²) in [5, 5.41) is 3.01. The number of rotatable bonds is 13. The molecule has 4 aromatic rings. The molecule has 0 spiro atoms. The molecule has 1 N–H and O–H groups in total. The van der Waals surface area contributed by atoms with Crippen molar-refractivity contribution >= 4 is 16.9 Å². The second kappa shape index (κ2) is 12.6. The summed E-state index contributed by atoms with van der Waals surface area (Å²) >= 11 is 0. The van der Waals surface area contributed by atoms with Crippen molar-refractivity contribution in [3.8, 4) is 5.75 Å². The van der Waals surface area contributed by atoms with E-state index in [2.05, 4.69) is 28.1 Å². The summed E-state index contributed by atoms with van der Waals surface area (Å²) in [5.41, 5.74) is 2.98. The summed E-state index contributed by atoms with van der Waals surface area (Å²) in [5.74, 6) is 2.08. The molecular weight excluding hydrogens is 422 g/mol. The molecule has 1 aromatic heterocycles. The molecule has 0 atom stereocenters. The molecule has 1 heterocycles. The third-order valence-corrected chi connectivity index (χ3v) is 5.92. The molecular formula is C29H33N3O2. The van der Waals surface area contributed by atoms with Crippen molar-refractivity contribution in [3.63, 3.8) is 0 Å². The quantitative estimate of drug-likeness (QED) is 0.250. The standard InChI is InChI=1S/C29H33N3O2/c33-29(24-14-4-1-5-15-24)30-21-11-3-8-20-28-31-26-18-9-10-19-27(26)32(28)22-12-13-23-34-25-16-6-2-7-17-25/h1-2,4-7,9-10,14-19H,3,8,11-13,20-23H2,(H,30,33). The number of unbranched alkanes of at least 4 members (excludes halogenated alkanes) is 3. The van der Waals surface area contributed by atoms with Gasteiger partial charge in [0.15, 0.2) is 0 Å². The second-order valence-corrected chi connectivity index (χ2v) is 8.47. The summed E-state index contributed by atoms with van der Waals surface area (Å²) in [7, 11) is 0. The Kier molecular flexibility index (Phi) is 8.72. The van der Waals surface area contributed by atoms with Gasteiger partial charge in [-0.25, -0.2) is 4.98 Å². The monoisotopic (exact) mass is 455 g/mol. The average molecular weight is 456 g/mol. The molecule has 0 aliphatic heterocycles. The highest BCUT2D eigenvalue weighted by molar-refractivity contribution is 5.94. The molecule has 0 bridgehead atoms. The zero-order valence-electron chi connectivity index (χ0n) is 19.7. The maximum absolute atomic E-state index is 12.1. The number of carbonyl (C=O) groups is 1. The Bertz CT molecular complexity index is 1160. The van der Waals surface area contributed by atoms with Gasteiger partial charge in [-0.15, -0.1) is 0 Å². The van der Waals surface area contributed by atoms with Crippen LogP contribution in [0, 0.1) is 0 Å². The number of hydrogen-bond donors (Lipinski definition) is 1. The van der Waals surface area contributed by atoms with E-state index in [0.29, 0.717) is 12.1 Å². The van der Waals surface area contributed by atoms with Crippen molar-refractivity contribution in [2.45, 2.75) is 45.1 Å². The number of para-hydroxylation sites is 3. The summed E-state index contributed by atoms with van der Waals surface area (Å²) in [6.45, 7) is 2.37. The van der Waals surface area contributed by atoms with Crippen molar-refractivity contribution < 1.29 is 9.53 Å². The minimum atomic E-state index is -0.00126. The van der Waals surface area contributed by atoms with E-state index in [1.54, 1.807) is 0 Å². The first-order valence-electron chi connectivity index (χ1n) is 12.3. The van der Waals surface area contributed by atoms with Crippen LogP contribution in [0.5, 0.6) is 5.75 Å². The fourth-order valence-electron chi connectivity index (χ4n) is 4.12. The van der Waals surface area contributed by atoms with Crippen LogP contribution in [-0.4, -0.2) is 28.6 Å². The molecule has 34 heavy (non-hydrogen) atoms. The number of ether oxygens (including phenoxy) is 1. The number of carbonyl (C=O) groups excluding carboxylic acids is 1. The SMILES string of the molecule is O=C(NCCCCCc1nc2ccccc2n1CCCCOc1ccccc1)c1ccccc1. The van der Waals surface area contributed by atoms with E-state index in [4.69, 9.17) is 9.72 Å². The Labute approximate surface area is 201 Å². The fourth-order valence-corrected chi connectivity index (χ4v) is 4.12. The Balaban J connectivity index is 1.22. The normalized spacial score (nSPS) is 10.9. The zero-order chi connectivity index (χ0) is 23.4. The number of hydrogen-bond acceptors (Lipinski definition) is 3. The van der Waals surface area contributed by atoms with Crippen LogP contribution < -0.4 is 10.1 Å². The molecule has 176 valence electrons. The van der Waals surface area contributed by atoms with Gasteiger partial charge in [0.25, 0.3) is 5.91 Å². The van der Waals surface area contributed by atoms with Crippen molar-refractivity contribution in [1.82, 2.24) is 14.9 Å².